The maximum Gasteiger partial charge on any atom is 0.418 e. The molecule has 1 saturated carbocycles. The van der Waals surface area contributed by atoms with Gasteiger partial charge in [0.1, 0.15) is 5.65 Å². The molecule has 3 aromatic heterocycles. The Kier molecular flexibility index (Phi) is 6.58. The number of piperidine rings is 1. The van der Waals surface area contributed by atoms with Crippen molar-refractivity contribution in [3.8, 4) is 11.3 Å². The number of hydrogen-bond acceptors (Lipinski definition) is 6. The minimum atomic E-state index is -4.64. The minimum Gasteiger partial charge on any atom is -0.324 e. The van der Waals surface area contributed by atoms with Crippen molar-refractivity contribution in [1.82, 2.24) is 24.8 Å². The molecule has 10 heteroatoms. The average Bonchev–Trinajstić information content (AvgIpc) is 3.79. The van der Waals surface area contributed by atoms with Gasteiger partial charge in [0, 0.05) is 30.0 Å². The number of benzene rings is 1. The maximum atomic E-state index is 14.0. The van der Waals surface area contributed by atoms with Crippen LogP contribution in [-0.2, 0) is 12.7 Å². The van der Waals surface area contributed by atoms with Crippen LogP contribution in [0.4, 0.5) is 24.8 Å². The second kappa shape index (κ2) is 10.1. The van der Waals surface area contributed by atoms with E-state index in [1.165, 1.54) is 28.6 Å². The molecule has 1 aromatic carbocycles. The van der Waals surface area contributed by atoms with Crippen molar-refractivity contribution in [2.45, 2.75) is 57.2 Å². The number of rotatable bonds is 6. The third-order valence-electron chi connectivity index (χ3n) is 7.64. The van der Waals surface area contributed by atoms with E-state index < -0.39 is 17.3 Å². The van der Waals surface area contributed by atoms with Gasteiger partial charge in [-0.15, -0.1) is 0 Å². The third kappa shape index (κ3) is 5.13. The van der Waals surface area contributed by atoms with Crippen LogP contribution in [0.2, 0.25) is 0 Å². The second-order valence-electron chi connectivity index (χ2n) is 10.3. The Morgan fingerprint density at radius 3 is 2.36 bits per heavy atom. The van der Waals surface area contributed by atoms with E-state index in [0.717, 1.165) is 50.5 Å². The summed E-state index contributed by atoms with van der Waals surface area (Å²) in [5, 5.41) is 7.02. The van der Waals surface area contributed by atoms with Gasteiger partial charge >= 0.3 is 6.18 Å². The van der Waals surface area contributed by atoms with Gasteiger partial charge in [-0.3, -0.25) is 14.3 Å². The molecule has 2 fully saturated rings. The highest BCUT2D eigenvalue weighted by Gasteiger charge is 2.37. The maximum absolute atomic E-state index is 14.0. The number of anilines is 2. The topological polar surface area (TPSA) is 84.7 Å². The van der Waals surface area contributed by atoms with Crippen LogP contribution in [-0.4, -0.2) is 32.6 Å². The van der Waals surface area contributed by atoms with E-state index in [1.807, 2.05) is 12.1 Å². The predicted molar refractivity (Wildman–Crippen MR) is 144 cm³/mol. The molecule has 0 bridgehead atoms. The number of nitrogens with zero attached hydrogens (tertiary/aromatic N) is 4. The number of aromatic nitrogens is 4. The van der Waals surface area contributed by atoms with Crippen molar-refractivity contribution in [2.75, 3.05) is 18.4 Å². The average molecular weight is 535 g/mol. The molecule has 4 heterocycles. The van der Waals surface area contributed by atoms with Gasteiger partial charge in [0.05, 0.1) is 16.8 Å². The first-order chi connectivity index (χ1) is 18.8. The smallest absolute Gasteiger partial charge is 0.324 e. The summed E-state index contributed by atoms with van der Waals surface area (Å²) in [7, 11) is 0. The van der Waals surface area contributed by atoms with Crippen LogP contribution in [0.15, 0.2) is 53.6 Å². The van der Waals surface area contributed by atoms with E-state index in [9.17, 15) is 18.0 Å². The highest BCUT2D eigenvalue weighted by molar-refractivity contribution is 5.82. The molecule has 202 valence electrons. The van der Waals surface area contributed by atoms with Gasteiger partial charge in [-0.25, -0.2) is 4.98 Å². The second-order valence-corrected chi connectivity index (χ2v) is 10.3. The SMILES string of the molecule is CCn1c(=O)c(-c2ncc(C3CC3)cc2C(F)(F)F)cc2cnc(Nc3ccc(C4CCNCC4)cc3)nc21. The first-order valence-electron chi connectivity index (χ1n) is 13.4. The first kappa shape index (κ1) is 25.5. The lowest BCUT2D eigenvalue weighted by atomic mass is 9.90. The molecule has 2 N–H and O–H groups in total. The summed E-state index contributed by atoms with van der Waals surface area (Å²) in [5.74, 6) is 0.952. The number of nitrogens with one attached hydrogen (secondary N) is 2. The number of fused-ring (bicyclic) bond motifs is 1. The molecule has 0 spiro atoms. The fourth-order valence-electron chi connectivity index (χ4n) is 5.36. The number of hydrogen-bond donors (Lipinski definition) is 2. The van der Waals surface area contributed by atoms with E-state index in [-0.39, 0.29) is 23.7 Å². The lowest BCUT2D eigenvalue weighted by Crippen LogP contribution is -2.26. The minimum absolute atomic E-state index is 0.108. The highest BCUT2D eigenvalue weighted by atomic mass is 19.4. The zero-order valence-electron chi connectivity index (χ0n) is 21.6. The molecule has 39 heavy (non-hydrogen) atoms. The van der Waals surface area contributed by atoms with Gasteiger partial charge in [-0.1, -0.05) is 12.1 Å². The summed E-state index contributed by atoms with van der Waals surface area (Å²) in [6.07, 6.45) is 2.28. The van der Waals surface area contributed by atoms with Crippen LogP contribution in [0.1, 0.15) is 61.1 Å². The van der Waals surface area contributed by atoms with Crippen molar-refractivity contribution < 1.29 is 13.2 Å². The summed E-state index contributed by atoms with van der Waals surface area (Å²) in [5.41, 5.74) is 1.07. The Bertz CT molecular complexity index is 1570. The molecule has 1 saturated heterocycles. The first-order valence-corrected chi connectivity index (χ1v) is 13.4. The molecule has 0 radical (unpaired) electrons. The fraction of sp³-hybridized carbons (Fsp3) is 0.379. The van der Waals surface area contributed by atoms with Gasteiger partial charge in [0.2, 0.25) is 5.95 Å². The summed E-state index contributed by atoms with van der Waals surface area (Å²) in [6, 6.07) is 10.7. The van der Waals surface area contributed by atoms with E-state index in [0.29, 0.717) is 28.5 Å². The number of aryl methyl sites for hydroxylation is 1. The Hall–Kier alpha value is -3.79. The Morgan fingerprint density at radius 2 is 1.69 bits per heavy atom. The molecule has 6 rings (SSSR count). The number of pyridine rings is 2. The van der Waals surface area contributed by atoms with E-state index in [4.69, 9.17) is 0 Å². The van der Waals surface area contributed by atoms with Crippen molar-refractivity contribution >= 4 is 22.7 Å². The molecule has 7 nitrogen and oxygen atoms in total. The van der Waals surface area contributed by atoms with Crippen LogP contribution >= 0.6 is 0 Å². The third-order valence-corrected chi connectivity index (χ3v) is 7.64. The van der Waals surface area contributed by atoms with Crippen molar-refractivity contribution in [2.24, 2.45) is 0 Å². The molecule has 1 aliphatic heterocycles. The Labute approximate surface area is 223 Å². The largest absolute Gasteiger partial charge is 0.418 e. The Balaban J connectivity index is 1.34. The van der Waals surface area contributed by atoms with Crippen molar-refractivity contribution in [3.63, 3.8) is 0 Å². The lowest BCUT2D eigenvalue weighted by Gasteiger charge is -2.23. The molecule has 4 aromatic rings. The van der Waals surface area contributed by atoms with Crippen LogP contribution in [0.25, 0.3) is 22.3 Å². The summed E-state index contributed by atoms with van der Waals surface area (Å²) in [6.45, 7) is 4.03. The van der Waals surface area contributed by atoms with Gasteiger partial charge in [0.15, 0.2) is 0 Å². The molecular weight excluding hydrogens is 505 g/mol. The van der Waals surface area contributed by atoms with Gasteiger partial charge in [-0.2, -0.15) is 18.2 Å². The number of alkyl halides is 3. The lowest BCUT2D eigenvalue weighted by molar-refractivity contribution is -0.137. The van der Waals surface area contributed by atoms with Crippen LogP contribution in [0.3, 0.4) is 0 Å². The zero-order chi connectivity index (χ0) is 27.1. The normalized spacial score (nSPS) is 16.5. The van der Waals surface area contributed by atoms with E-state index >= 15 is 0 Å². The molecule has 2 aliphatic rings. The summed E-state index contributed by atoms with van der Waals surface area (Å²) < 4.78 is 43.5. The van der Waals surface area contributed by atoms with Crippen molar-refractivity contribution in [1.29, 1.82) is 0 Å². The van der Waals surface area contributed by atoms with Crippen LogP contribution in [0, 0.1) is 0 Å². The van der Waals surface area contributed by atoms with Crippen LogP contribution in [0.5, 0.6) is 0 Å². The van der Waals surface area contributed by atoms with Gasteiger partial charge in [-0.05, 0) is 92.9 Å². The Morgan fingerprint density at radius 1 is 0.974 bits per heavy atom. The molecule has 0 atom stereocenters. The quantitative estimate of drug-likeness (QED) is 0.317. The van der Waals surface area contributed by atoms with Gasteiger partial charge < -0.3 is 10.6 Å². The van der Waals surface area contributed by atoms with E-state index in [1.54, 1.807) is 6.92 Å². The molecule has 1 aliphatic carbocycles. The zero-order valence-corrected chi connectivity index (χ0v) is 21.6. The fourth-order valence-corrected chi connectivity index (χ4v) is 5.36. The standard InChI is InChI=1S/C29H29F3N6O/c1-2-38-26-21(13-23(27(38)39)25-24(29(30,31)32)14-20(15-34-25)18-3-4-18)16-35-28(37-26)36-22-7-5-17(6-8-22)19-9-11-33-12-10-19/h5-8,13-16,18-19,33H,2-4,9-12H2,1H3,(H,35,36,37). The molecule has 0 unspecified atom stereocenters. The highest BCUT2D eigenvalue weighted by Crippen LogP contribution is 2.43. The molecule has 0 amide bonds. The van der Waals surface area contributed by atoms with Gasteiger partial charge in [0.25, 0.3) is 5.56 Å². The summed E-state index contributed by atoms with van der Waals surface area (Å²) >= 11 is 0. The predicted octanol–water partition coefficient (Wildman–Crippen LogP) is 5.98. The van der Waals surface area contributed by atoms with E-state index in [2.05, 4.69) is 37.7 Å². The number of halogens is 3. The summed E-state index contributed by atoms with van der Waals surface area (Å²) in [4.78, 5) is 26.5. The monoisotopic (exact) mass is 534 g/mol. The van der Waals surface area contributed by atoms with Crippen LogP contribution < -0.4 is 16.2 Å². The molecular formula is C29H29F3N6O. The van der Waals surface area contributed by atoms with Crippen molar-refractivity contribution in [3.05, 3.63) is 75.8 Å².